The van der Waals surface area contributed by atoms with Crippen LogP contribution in [0.15, 0.2) is 0 Å². The first-order valence-corrected chi connectivity index (χ1v) is 8.08. The molecular formula is C14H21F2N5O. The molecule has 22 heavy (non-hydrogen) atoms. The molecule has 2 saturated heterocycles. The van der Waals surface area contributed by atoms with Crippen molar-refractivity contribution in [2.75, 3.05) is 24.7 Å². The molecule has 0 bridgehead atoms. The van der Waals surface area contributed by atoms with Gasteiger partial charge in [-0.3, -0.25) is 0 Å². The van der Waals surface area contributed by atoms with Crippen LogP contribution in [0.1, 0.15) is 32.1 Å². The van der Waals surface area contributed by atoms with Gasteiger partial charge in [0.15, 0.2) is 0 Å². The zero-order valence-corrected chi connectivity index (χ0v) is 12.5. The van der Waals surface area contributed by atoms with Crippen LogP contribution in [0.5, 0.6) is 0 Å². The van der Waals surface area contributed by atoms with Crippen molar-refractivity contribution in [1.82, 2.24) is 20.2 Å². The van der Waals surface area contributed by atoms with Gasteiger partial charge in [-0.25, -0.2) is 13.5 Å². The summed E-state index contributed by atoms with van der Waals surface area (Å²) in [6.07, 6.45) is 3.20. The molecule has 2 atom stereocenters. The molecular weight excluding hydrogens is 292 g/mol. The second kappa shape index (κ2) is 5.40. The number of anilines is 1. The Morgan fingerprint density at radius 3 is 2.86 bits per heavy atom. The van der Waals surface area contributed by atoms with Gasteiger partial charge in [-0.2, -0.15) is 0 Å². The number of hydrogen-bond acceptors (Lipinski definition) is 5. The number of rotatable bonds is 3. The quantitative estimate of drug-likeness (QED) is 0.850. The van der Waals surface area contributed by atoms with Crippen molar-refractivity contribution in [3.63, 3.8) is 0 Å². The number of tetrazole rings is 1. The van der Waals surface area contributed by atoms with Gasteiger partial charge in [0.05, 0.1) is 0 Å². The van der Waals surface area contributed by atoms with Crippen molar-refractivity contribution >= 4 is 5.95 Å². The van der Waals surface area contributed by atoms with Crippen LogP contribution in [0.4, 0.5) is 14.7 Å². The highest BCUT2D eigenvalue weighted by atomic mass is 19.3. The SMILES string of the molecule is FC(F)Cn1nnnc1N1CC2(CCOCC2)[C@@H]2CCC[C@@H]21. The minimum atomic E-state index is -2.44. The van der Waals surface area contributed by atoms with E-state index in [0.717, 1.165) is 39.0 Å². The average molecular weight is 313 g/mol. The smallest absolute Gasteiger partial charge is 0.258 e. The molecule has 3 heterocycles. The fourth-order valence-electron chi connectivity index (χ4n) is 4.78. The molecule has 1 aromatic rings. The van der Waals surface area contributed by atoms with Crippen LogP contribution in [0.3, 0.4) is 0 Å². The van der Waals surface area contributed by atoms with E-state index in [9.17, 15) is 8.78 Å². The van der Waals surface area contributed by atoms with E-state index in [0.29, 0.717) is 17.9 Å². The van der Waals surface area contributed by atoms with Gasteiger partial charge in [-0.05, 0) is 47.4 Å². The number of alkyl halides is 2. The molecule has 0 N–H and O–H groups in total. The lowest BCUT2D eigenvalue weighted by Crippen LogP contribution is -2.37. The fraction of sp³-hybridized carbons (Fsp3) is 0.929. The molecule has 0 aromatic carbocycles. The predicted molar refractivity (Wildman–Crippen MR) is 74.8 cm³/mol. The van der Waals surface area contributed by atoms with E-state index in [1.54, 1.807) is 0 Å². The summed E-state index contributed by atoms with van der Waals surface area (Å²) < 4.78 is 32.3. The minimum Gasteiger partial charge on any atom is -0.381 e. The summed E-state index contributed by atoms with van der Waals surface area (Å²) in [4.78, 5) is 2.20. The Labute approximate surface area is 127 Å². The molecule has 0 amide bonds. The number of ether oxygens (including phenoxy) is 1. The first-order chi connectivity index (χ1) is 10.7. The van der Waals surface area contributed by atoms with Gasteiger partial charge in [0, 0.05) is 25.8 Å². The van der Waals surface area contributed by atoms with Crippen LogP contribution in [-0.2, 0) is 11.3 Å². The minimum absolute atomic E-state index is 0.251. The van der Waals surface area contributed by atoms with Gasteiger partial charge in [0.25, 0.3) is 6.43 Å². The summed E-state index contributed by atoms with van der Waals surface area (Å²) >= 11 is 0. The molecule has 6 nitrogen and oxygen atoms in total. The number of nitrogens with zero attached hydrogens (tertiary/aromatic N) is 5. The maximum absolute atomic E-state index is 12.7. The Morgan fingerprint density at radius 2 is 2.09 bits per heavy atom. The first kappa shape index (κ1) is 14.3. The molecule has 0 radical (unpaired) electrons. The monoisotopic (exact) mass is 313 g/mol. The summed E-state index contributed by atoms with van der Waals surface area (Å²) in [7, 11) is 0. The van der Waals surface area contributed by atoms with E-state index < -0.39 is 13.0 Å². The summed E-state index contributed by atoms with van der Waals surface area (Å²) in [5, 5.41) is 11.4. The number of hydrogen-bond donors (Lipinski definition) is 0. The molecule has 1 saturated carbocycles. The molecule has 4 rings (SSSR count). The van der Waals surface area contributed by atoms with Crippen molar-refractivity contribution in [3.05, 3.63) is 0 Å². The molecule has 3 fully saturated rings. The first-order valence-electron chi connectivity index (χ1n) is 8.08. The fourth-order valence-corrected chi connectivity index (χ4v) is 4.78. The normalized spacial score (nSPS) is 30.4. The third kappa shape index (κ3) is 2.19. The Hall–Kier alpha value is -1.31. The Morgan fingerprint density at radius 1 is 1.27 bits per heavy atom. The average Bonchev–Trinajstić information content (AvgIpc) is 3.18. The van der Waals surface area contributed by atoms with E-state index in [-0.39, 0.29) is 5.41 Å². The maximum Gasteiger partial charge on any atom is 0.258 e. The molecule has 8 heteroatoms. The van der Waals surface area contributed by atoms with E-state index in [4.69, 9.17) is 4.74 Å². The predicted octanol–water partition coefficient (Wildman–Crippen LogP) is 1.72. The number of aromatic nitrogens is 4. The third-order valence-electron chi connectivity index (χ3n) is 5.72. The molecule has 1 aliphatic carbocycles. The van der Waals surface area contributed by atoms with Crippen molar-refractivity contribution in [1.29, 1.82) is 0 Å². The zero-order chi connectivity index (χ0) is 15.2. The lowest BCUT2D eigenvalue weighted by molar-refractivity contribution is 0.00154. The number of fused-ring (bicyclic) bond motifs is 2. The number of halogens is 2. The van der Waals surface area contributed by atoms with Gasteiger partial charge in [-0.1, -0.05) is 11.5 Å². The molecule has 2 aliphatic heterocycles. The summed E-state index contributed by atoms with van der Waals surface area (Å²) in [5.41, 5.74) is 0.251. The van der Waals surface area contributed by atoms with Crippen molar-refractivity contribution in [3.8, 4) is 0 Å². The van der Waals surface area contributed by atoms with Crippen molar-refractivity contribution in [2.24, 2.45) is 11.3 Å². The van der Waals surface area contributed by atoms with Gasteiger partial charge >= 0.3 is 0 Å². The van der Waals surface area contributed by atoms with Crippen molar-refractivity contribution in [2.45, 2.75) is 51.1 Å². The second-order valence-corrected chi connectivity index (χ2v) is 6.76. The summed E-state index contributed by atoms with van der Waals surface area (Å²) in [5.74, 6) is 1.13. The zero-order valence-electron chi connectivity index (χ0n) is 12.5. The Kier molecular flexibility index (Phi) is 3.51. The lowest BCUT2D eigenvalue weighted by atomic mass is 9.71. The Balaban J connectivity index is 1.64. The van der Waals surface area contributed by atoms with Gasteiger partial charge in [0.1, 0.15) is 6.54 Å². The Bertz CT molecular complexity index is 531. The van der Waals surface area contributed by atoms with Crippen LogP contribution in [-0.4, -0.2) is 52.4 Å². The topological polar surface area (TPSA) is 56.1 Å². The van der Waals surface area contributed by atoms with Crippen LogP contribution >= 0.6 is 0 Å². The lowest BCUT2D eigenvalue weighted by Gasteiger charge is -2.37. The van der Waals surface area contributed by atoms with Crippen LogP contribution in [0.25, 0.3) is 0 Å². The maximum atomic E-state index is 12.7. The highest BCUT2D eigenvalue weighted by Gasteiger charge is 2.55. The second-order valence-electron chi connectivity index (χ2n) is 6.76. The van der Waals surface area contributed by atoms with Gasteiger partial charge < -0.3 is 9.64 Å². The summed E-state index contributed by atoms with van der Waals surface area (Å²) in [6.45, 7) is 2.04. The third-order valence-corrected chi connectivity index (χ3v) is 5.72. The standard InChI is InChI=1S/C14H21F2N5O/c15-12(16)8-21-13(17-18-19-21)20-9-14(4-6-22-7-5-14)10-2-1-3-11(10)20/h10-12H,1-9H2/t10-,11+/m1/s1. The van der Waals surface area contributed by atoms with E-state index in [1.807, 2.05) is 0 Å². The highest BCUT2D eigenvalue weighted by Crippen LogP contribution is 2.54. The van der Waals surface area contributed by atoms with E-state index in [2.05, 4.69) is 20.4 Å². The summed E-state index contributed by atoms with van der Waals surface area (Å²) in [6, 6.07) is 0.389. The van der Waals surface area contributed by atoms with Gasteiger partial charge in [-0.15, -0.1) is 0 Å². The molecule has 0 unspecified atom stereocenters. The van der Waals surface area contributed by atoms with Gasteiger partial charge in [0.2, 0.25) is 5.95 Å². The molecule has 122 valence electrons. The van der Waals surface area contributed by atoms with E-state index in [1.165, 1.54) is 17.5 Å². The molecule has 1 aromatic heterocycles. The van der Waals surface area contributed by atoms with Crippen LogP contribution in [0, 0.1) is 11.3 Å². The molecule has 1 spiro atoms. The van der Waals surface area contributed by atoms with Crippen molar-refractivity contribution < 1.29 is 13.5 Å². The largest absolute Gasteiger partial charge is 0.381 e. The van der Waals surface area contributed by atoms with Crippen LogP contribution < -0.4 is 4.90 Å². The van der Waals surface area contributed by atoms with E-state index >= 15 is 0 Å². The van der Waals surface area contributed by atoms with Crippen LogP contribution in [0.2, 0.25) is 0 Å². The molecule has 3 aliphatic rings. The highest BCUT2D eigenvalue weighted by molar-refractivity contribution is 5.37.